The molecule has 1 aromatic heterocycles. The number of unbranched alkanes of at least 4 members (excludes halogenated alkanes) is 1. The molecule has 0 spiro atoms. The van der Waals surface area contributed by atoms with E-state index in [1.54, 1.807) is 18.2 Å². The number of imidazole rings is 1. The molecule has 0 bridgehead atoms. The van der Waals surface area contributed by atoms with Crippen molar-refractivity contribution in [2.24, 2.45) is 0 Å². The Bertz CT molecular complexity index is 1180. The van der Waals surface area contributed by atoms with E-state index in [4.69, 9.17) is 0 Å². The van der Waals surface area contributed by atoms with Gasteiger partial charge in [0.15, 0.2) is 11.5 Å². The fourth-order valence-electron chi connectivity index (χ4n) is 3.83. The molecule has 2 heterocycles. The van der Waals surface area contributed by atoms with Crippen LogP contribution in [-0.2, 0) is 17.8 Å². The number of benzene rings is 2. The predicted molar refractivity (Wildman–Crippen MR) is 120 cm³/mol. The largest absolute Gasteiger partial charge is 0.478 e. The lowest BCUT2D eigenvalue weighted by Crippen LogP contribution is -2.30. The Hall–Kier alpha value is -3.94. The SMILES string of the molecule is CCCCc1nc2c(n1Cc1ccc(-c3ccccc3C(=O)O)cc1)C(=O)NCC(=O)N2. The predicted octanol–water partition coefficient (Wildman–Crippen LogP) is 3.32. The third kappa shape index (κ3) is 4.25. The van der Waals surface area contributed by atoms with Crippen LogP contribution < -0.4 is 10.6 Å². The summed E-state index contributed by atoms with van der Waals surface area (Å²) in [5.74, 6) is -0.567. The molecular weight excluding hydrogens is 408 g/mol. The molecule has 1 aliphatic rings. The van der Waals surface area contributed by atoms with Gasteiger partial charge in [-0.15, -0.1) is 0 Å². The summed E-state index contributed by atoms with van der Waals surface area (Å²) >= 11 is 0. The van der Waals surface area contributed by atoms with Crippen molar-refractivity contribution in [2.45, 2.75) is 32.7 Å². The lowest BCUT2D eigenvalue weighted by Gasteiger charge is -2.12. The lowest BCUT2D eigenvalue weighted by atomic mass is 9.99. The van der Waals surface area contributed by atoms with Crippen LogP contribution in [0.25, 0.3) is 11.1 Å². The molecule has 0 atom stereocenters. The van der Waals surface area contributed by atoms with Crippen LogP contribution in [-0.4, -0.2) is 39.0 Å². The number of amides is 2. The molecule has 164 valence electrons. The van der Waals surface area contributed by atoms with Gasteiger partial charge in [0.25, 0.3) is 5.91 Å². The van der Waals surface area contributed by atoms with Crippen molar-refractivity contribution in [3.8, 4) is 11.1 Å². The van der Waals surface area contributed by atoms with Gasteiger partial charge in [-0.05, 0) is 29.2 Å². The standard InChI is InChI=1S/C24H24N4O4/c1-2-3-8-19-26-22-21(23(30)25-13-20(29)27-22)28(19)14-15-9-11-16(12-10-15)17-6-4-5-7-18(17)24(31)32/h4-7,9-12H,2-3,8,13-14H2,1H3,(H,25,30)(H,27,29)(H,31,32). The minimum atomic E-state index is -0.973. The zero-order chi connectivity index (χ0) is 22.7. The first-order valence-electron chi connectivity index (χ1n) is 10.6. The van der Waals surface area contributed by atoms with Crippen LogP contribution in [0, 0.1) is 0 Å². The molecule has 3 aromatic rings. The molecule has 3 N–H and O–H groups in total. The maximum absolute atomic E-state index is 12.7. The minimum Gasteiger partial charge on any atom is -0.478 e. The molecule has 8 nitrogen and oxygen atoms in total. The molecule has 4 rings (SSSR count). The highest BCUT2D eigenvalue weighted by Gasteiger charge is 2.27. The van der Waals surface area contributed by atoms with E-state index in [1.807, 2.05) is 34.9 Å². The summed E-state index contributed by atoms with van der Waals surface area (Å²) in [4.78, 5) is 40.7. The number of nitrogens with one attached hydrogen (secondary N) is 2. The average Bonchev–Trinajstić information content (AvgIpc) is 3.05. The monoisotopic (exact) mass is 432 g/mol. The molecule has 2 amide bonds. The highest BCUT2D eigenvalue weighted by Crippen LogP contribution is 2.26. The topological polar surface area (TPSA) is 113 Å². The van der Waals surface area contributed by atoms with Crippen LogP contribution in [0.3, 0.4) is 0 Å². The summed E-state index contributed by atoms with van der Waals surface area (Å²) < 4.78 is 1.85. The van der Waals surface area contributed by atoms with E-state index in [0.717, 1.165) is 29.8 Å². The molecule has 0 radical (unpaired) electrons. The molecule has 2 aromatic carbocycles. The summed E-state index contributed by atoms with van der Waals surface area (Å²) in [6.07, 6.45) is 2.58. The summed E-state index contributed by atoms with van der Waals surface area (Å²) in [6.45, 7) is 2.41. The normalized spacial score (nSPS) is 13.2. The molecule has 0 aliphatic carbocycles. The summed E-state index contributed by atoms with van der Waals surface area (Å²) in [6, 6.07) is 14.5. The number of hydrogen-bond donors (Lipinski definition) is 3. The number of hydrogen-bond acceptors (Lipinski definition) is 4. The van der Waals surface area contributed by atoms with Crippen LogP contribution >= 0.6 is 0 Å². The van der Waals surface area contributed by atoms with Crippen LogP contribution in [0.5, 0.6) is 0 Å². The number of aryl methyl sites for hydroxylation is 1. The number of nitrogens with zero attached hydrogens (tertiary/aromatic N) is 2. The molecule has 0 fully saturated rings. The molecule has 0 saturated heterocycles. The number of carbonyl (C=O) groups excluding carboxylic acids is 2. The van der Waals surface area contributed by atoms with Crippen molar-refractivity contribution < 1.29 is 19.5 Å². The summed E-state index contributed by atoms with van der Waals surface area (Å²) in [7, 11) is 0. The number of rotatable bonds is 7. The van der Waals surface area contributed by atoms with Gasteiger partial charge in [0.05, 0.1) is 12.1 Å². The Balaban J connectivity index is 1.68. The zero-order valence-corrected chi connectivity index (χ0v) is 17.7. The fraction of sp³-hybridized carbons (Fsp3) is 0.250. The van der Waals surface area contributed by atoms with E-state index in [2.05, 4.69) is 22.5 Å². The third-order valence-corrected chi connectivity index (χ3v) is 5.45. The minimum absolute atomic E-state index is 0.0861. The maximum Gasteiger partial charge on any atom is 0.336 e. The first-order valence-corrected chi connectivity index (χ1v) is 10.6. The van der Waals surface area contributed by atoms with Crippen LogP contribution in [0.2, 0.25) is 0 Å². The molecular formula is C24H24N4O4. The third-order valence-electron chi connectivity index (χ3n) is 5.45. The van der Waals surface area contributed by atoms with Crippen molar-refractivity contribution in [2.75, 3.05) is 11.9 Å². The number of carboxylic acid groups (broad SMARTS) is 1. The first kappa shape index (κ1) is 21.3. The number of aromatic carboxylic acids is 1. The Labute approximate surface area is 185 Å². The van der Waals surface area contributed by atoms with Crippen LogP contribution in [0.15, 0.2) is 48.5 Å². The van der Waals surface area contributed by atoms with Crippen molar-refractivity contribution in [3.05, 3.63) is 71.2 Å². The van der Waals surface area contributed by atoms with E-state index in [0.29, 0.717) is 30.0 Å². The van der Waals surface area contributed by atoms with Gasteiger partial charge in [0, 0.05) is 13.0 Å². The van der Waals surface area contributed by atoms with E-state index in [9.17, 15) is 19.5 Å². The Morgan fingerprint density at radius 3 is 2.59 bits per heavy atom. The van der Waals surface area contributed by atoms with Gasteiger partial charge in [-0.1, -0.05) is 55.8 Å². The van der Waals surface area contributed by atoms with Gasteiger partial charge in [-0.25, -0.2) is 9.78 Å². The number of anilines is 1. The smallest absolute Gasteiger partial charge is 0.336 e. The van der Waals surface area contributed by atoms with Gasteiger partial charge < -0.3 is 20.3 Å². The van der Waals surface area contributed by atoms with E-state index in [-0.39, 0.29) is 23.9 Å². The van der Waals surface area contributed by atoms with Crippen LogP contribution in [0.4, 0.5) is 5.82 Å². The van der Waals surface area contributed by atoms with Crippen molar-refractivity contribution in [1.29, 1.82) is 0 Å². The van der Waals surface area contributed by atoms with E-state index in [1.165, 1.54) is 0 Å². The number of carbonyl (C=O) groups is 3. The second-order valence-electron chi connectivity index (χ2n) is 7.69. The van der Waals surface area contributed by atoms with E-state index < -0.39 is 5.97 Å². The summed E-state index contributed by atoms with van der Waals surface area (Å²) in [5, 5.41) is 14.8. The average molecular weight is 432 g/mol. The van der Waals surface area contributed by atoms with Crippen molar-refractivity contribution in [3.63, 3.8) is 0 Å². The highest BCUT2D eigenvalue weighted by molar-refractivity contribution is 6.06. The molecule has 0 unspecified atom stereocenters. The quantitative estimate of drug-likeness (QED) is 0.530. The van der Waals surface area contributed by atoms with Gasteiger partial charge in [0.1, 0.15) is 5.82 Å². The first-order chi connectivity index (χ1) is 15.5. The number of aromatic nitrogens is 2. The second kappa shape index (κ2) is 9.05. The molecule has 1 aliphatic heterocycles. The molecule has 0 saturated carbocycles. The van der Waals surface area contributed by atoms with Gasteiger partial charge in [0.2, 0.25) is 5.91 Å². The van der Waals surface area contributed by atoms with Gasteiger partial charge in [-0.3, -0.25) is 9.59 Å². The van der Waals surface area contributed by atoms with Crippen molar-refractivity contribution >= 4 is 23.6 Å². The molecule has 8 heteroatoms. The van der Waals surface area contributed by atoms with Crippen LogP contribution in [0.1, 0.15) is 52.0 Å². The Kier molecular flexibility index (Phi) is 6.02. The second-order valence-corrected chi connectivity index (χ2v) is 7.69. The zero-order valence-electron chi connectivity index (χ0n) is 17.7. The Morgan fingerprint density at radius 1 is 1.12 bits per heavy atom. The number of carboxylic acids is 1. The maximum atomic E-state index is 12.7. The van der Waals surface area contributed by atoms with Crippen molar-refractivity contribution in [1.82, 2.24) is 14.9 Å². The molecule has 32 heavy (non-hydrogen) atoms. The van der Waals surface area contributed by atoms with Gasteiger partial charge >= 0.3 is 5.97 Å². The van der Waals surface area contributed by atoms with E-state index >= 15 is 0 Å². The lowest BCUT2D eigenvalue weighted by molar-refractivity contribution is -0.115. The number of fused-ring (bicyclic) bond motifs is 1. The summed E-state index contributed by atoms with van der Waals surface area (Å²) in [5.41, 5.74) is 2.97. The Morgan fingerprint density at radius 2 is 1.88 bits per heavy atom. The fourth-order valence-corrected chi connectivity index (χ4v) is 3.83. The highest BCUT2D eigenvalue weighted by atomic mass is 16.4. The van der Waals surface area contributed by atoms with Gasteiger partial charge in [-0.2, -0.15) is 0 Å².